The molecule has 0 saturated carbocycles. The molecule has 158 valence electrons. The van der Waals surface area contributed by atoms with E-state index in [1.165, 1.54) is 22.5 Å². The van der Waals surface area contributed by atoms with E-state index < -0.39 is 0 Å². The van der Waals surface area contributed by atoms with Crippen molar-refractivity contribution in [2.45, 2.75) is 46.6 Å². The summed E-state index contributed by atoms with van der Waals surface area (Å²) in [6.45, 7) is 7.07. The first kappa shape index (κ1) is 20.5. The smallest absolute Gasteiger partial charge is 0.291 e. The molecule has 0 spiro atoms. The monoisotopic (exact) mass is 426 g/mol. The number of nitrogens with one attached hydrogen (secondary N) is 2. The van der Waals surface area contributed by atoms with Gasteiger partial charge in [-0.2, -0.15) is 0 Å². The van der Waals surface area contributed by atoms with E-state index in [0.29, 0.717) is 28.8 Å². The summed E-state index contributed by atoms with van der Waals surface area (Å²) < 4.78 is 10.5. The Kier molecular flexibility index (Phi) is 5.56. The topological polar surface area (TPSA) is 84.5 Å². The molecular weight excluding hydrogens is 400 g/mol. The Balaban J connectivity index is 1.62. The third-order valence-corrected chi connectivity index (χ3v) is 6.86. The molecule has 0 aliphatic heterocycles. The molecule has 0 unspecified atom stereocenters. The van der Waals surface area contributed by atoms with Gasteiger partial charge in [0.2, 0.25) is 0 Å². The van der Waals surface area contributed by atoms with Crippen LogP contribution in [0, 0.1) is 11.3 Å². The summed E-state index contributed by atoms with van der Waals surface area (Å²) in [5.41, 5.74) is 1.81. The fourth-order valence-corrected chi connectivity index (χ4v) is 5.21. The summed E-state index contributed by atoms with van der Waals surface area (Å²) in [6.07, 6.45) is 5.80. The standard InChI is InChI=1S/C23H26N2O4S/c1-23(2,3)14-8-9-16-18(12-14)30-22(25-20(26)17-7-5-11-29-17)19(16)21(27)24-13-15-6-4-10-28-15/h4-7,10-11,14H,8-9,12-13H2,1-3H3,(H,24,27)(H,25,26)/t14-/m1/s1. The highest BCUT2D eigenvalue weighted by atomic mass is 32.1. The van der Waals surface area contributed by atoms with Gasteiger partial charge < -0.3 is 19.5 Å². The van der Waals surface area contributed by atoms with Gasteiger partial charge in [-0.05, 0) is 60.4 Å². The molecule has 3 heterocycles. The quantitative estimate of drug-likeness (QED) is 0.582. The van der Waals surface area contributed by atoms with E-state index in [0.717, 1.165) is 24.8 Å². The van der Waals surface area contributed by atoms with Gasteiger partial charge >= 0.3 is 0 Å². The van der Waals surface area contributed by atoms with E-state index in [-0.39, 0.29) is 23.0 Å². The first-order valence-corrected chi connectivity index (χ1v) is 10.9. The van der Waals surface area contributed by atoms with Crippen LogP contribution in [0.5, 0.6) is 0 Å². The van der Waals surface area contributed by atoms with Crippen molar-refractivity contribution in [3.63, 3.8) is 0 Å². The maximum Gasteiger partial charge on any atom is 0.291 e. The number of hydrogen-bond acceptors (Lipinski definition) is 5. The van der Waals surface area contributed by atoms with Crippen LogP contribution in [0.15, 0.2) is 45.6 Å². The van der Waals surface area contributed by atoms with Crippen LogP contribution in [0.4, 0.5) is 5.00 Å². The maximum absolute atomic E-state index is 13.1. The van der Waals surface area contributed by atoms with Crippen LogP contribution in [-0.4, -0.2) is 11.8 Å². The number of furan rings is 2. The molecule has 2 N–H and O–H groups in total. The Bertz CT molecular complexity index is 1030. The number of thiophene rings is 1. The number of anilines is 1. The number of hydrogen-bond donors (Lipinski definition) is 2. The van der Waals surface area contributed by atoms with Crippen molar-refractivity contribution in [2.75, 3.05) is 5.32 Å². The highest BCUT2D eigenvalue weighted by molar-refractivity contribution is 7.17. The minimum atomic E-state index is -0.356. The van der Waals surface area contributed by atoms with Crippen molar-refractivity contribution in [1.29, 1.82) is 0 Å². The number of carbonyl (C=O) groups is 2. The molecule has 3 aromatic heterocycles. The Labute approximate surface area is 179 Å². The van der Waals surface area contributed by atoms with Gasteiger partial charge in [0.25, 0.3) is 11.8 Å². The molecule has 1 aliphatic carbocycles. The van der Waals surface area contributed by atoms with Crippen LogP contribution in [0.2, 0.25) is 0 Å². The lowest BCUT2D eigenvalue weighted by Crippen LogP contribution is -2.28. The zero-order chi connectivity index (χ0) is 21.3. The molecular formula is C23H26N2O4S. The molecule has 1 aliphatic rings. The van der Waals surface area contributed by atoms with Gasteiger partial charge in [-0.25, -0.2) is 0 Å². The molecule has 0 aromatic carbocycles. The first-order valence-electron chi connectivity index (χ1n) is 10.1. The molecule has 30 heavy (non-hydrogen) atoms. The van der Waals surface area contributed by atoms with Gasteiger partial charge in [-0.3, -0.25) is 9.59 Å². The number of carbonyl (C=O) groups excluding carboxylic acids is 2. The third-order valence-electron chi connectivity index (χ3n) is 5.69. The van der Waals surface area contributed by atoms with Gasteiger partial charge in [0.15, 0.2) is 5.76 Å². The largest absolute Gasteiger partial charge is 0.467 e. The molecule has 0 saturated heterocycles. The molecule has 0 fully saturated rings. The van der Waals surface area contributed by atoms with Crippen LogP contribution in [0.25, 0.3) is 0 Å². The second-order valence-electron chi connectivity index (χ2n) is 8.71. The minimum Gasteiger partial charge on any atom is -0.467 e. The van der Waals surface area contributed by atoms with E-state index in [4.69, 9.17) is 8.83 Å². The SMILES string of the molecule is CC(C)(C)[C@@H]1CCc2c(sc(NC(=O)c3ccco3)c2C(=O)NCc2ccco2)C1. The van der Waals surface area contributed by atoms with Crippen LogP contribution in [0.3, 0.4) is 0 Å². The molecule has 7 heteroatoms. The van der Waals surface area contributed by atoms with Crippen molar-refractivity contribution in [3.8, 4) is 0 Å². The van der Waals surface area contributed by atoms with Crippen molar-refractivity contribution in [1.82, 2.24) is 5.32 Å². The van der Waals surface area contributed by atoms with Crippen molar-refractivity contribution >= 4 is 28.2 Å². The molecule has 1 atom stereocenters. The lowest BCUT2D eigenvalue weighted by Gasteiger charge is -2.33. The Hall–Kier alpha value is -2.80. The summed E-state index contributed by atoms with van der Waals surface area (Å²) >= 11 is 1.50. The molecule has 2 amide bonds. The van der Waals surface area contributed by atoms with Gasteiger partial charge in [-0.1, -0.05) is 20.8 Å². The summed E-state index contributed by atoms with van der Waals surface area (Å²) in [5.74, 6) is 0.882. The van der Waals surface area contributed by atoms with Gasteiger partial charge in [-0.15, -0.1) is 11.3 Å². The summed E-state index contributed by atoms with van der Waals surface area (Å²) in [5, 5.41) is 6.40. The highest BCUT2D eigenvalue weighted by Crippen LogP contribution is 2.44. The first-order chi connectivity index (χ1) is 14.3. The predicted octanol–water partition coefficient (Wildman–Crippen LogP) is 5.27. The number of amides is 2. The second kappa shape index (κ2) is 8.14. The second-order valence-corrected chi connectivity index (χ2v) is 9.81. The average Bonchev–Trinajstić information content (AvgIpc) is 3.45. The highest BCUT2D eigenvalue weighted by Gasteiger charge is 2.34. The lowest BCUT2D eigenvalue weighted by atomic mass is 9.72. The normalized spacial score (nSPS) is 16.2. The lowest BCUT2D eigenvalue weighted by molar-refractivity contribution is 0.0947. The minimum absolute atomic E-state index is 0.195. The average molecular weight is 427 g/mol. The van der Waals surface area contributed by atoms with Crippen molar-refractivity contribution in [3.05, 3.63) is 64.3 Å². The Morgan fingerprint density at radius 3 is 2.57 bits per heavy atom. The maximum atomic E-state index is 13.1. The predicted molar refractivity (Wildman–Crippen MR) is 116 cm³/mol. The van der Waals surface area contributed by atoms with E-state index in [9.17, 15) is 9.59 Å². The zero-order valence-corrected chi connectivity index (χ0v) is 18.2. The van der Waals surface area contributed by atoms with E-state index >= 15 is 0 Å². The number of fused-ring (bicyclic) bond motifs is 1. The van der Waals surface area contributed by atoms with E-state index in [2.05, 4.69) is 31.4 Å². The van der Waals surface area contributed by atoms with Crippen LogP contribution >= 0.6 is 11.3 Å². The summed E-state index contributed by atoms with van der Waals surface area (Å²) in [6, 6.07) is 6.88. The van der Waals surface area contributed by atoms with Crippen LogP contribution < -0.4 is 10.6 Å². The molecule has 6 nitrogen and oxygen atoms in total. The van der Waals surface area contributed by atoms with E-state index in [1.807, 2.05) is 6.07 Å². The third kappa shape index (κ3) is 4.21. The zero-order valence-electron chi connectivity index (χ0n) is 17.4. The Morgan fingerprint density at radius 2 is 1.90 bits per heavy atom. The molecule has 0 bridgehead atoms. The molecule has 0 radical (unpaired) electrons. The fourth-order valence-electron chi connectivity index (χ4n) is 3.89. The van der Waals surface area contributed by atoms with Gasteiger partial charge in [0.1, 0.15) is 10.8 Å². The van der Waals surface area contributed by atoms with Crippen LogP contribution in [-0.2, 0) is 19.4 Å². The fraction of sp³-hybridized carbons (Fsp3) is 0.391. The van der Waals surface area contributed by atoms with Crippen molar-refractivity contribution < 1.29 is 18.4 Å². The van der Waals surface area contributed by atoms with Crippen molar-refractivity contribution in [2.24, 2.45) is 11.3 Å². The summed E-state index contributed by atoms with van der Waals surface area (Å²) in [7, 11) is 0. The Morgan fingerprint density at radius 1 is 1.13 bits per heavy atom. The van der Waals surface area contributed by atoms with Gasteiger partial charge in [0, 0.05) is 4.88 Å². The molecule has 3 aromatic rings. The van der Waals surface area contributed by atoms with Gasteiger partial charge in [0.05, 0.1) is 24.6 Å². The molecule has 4 rings (SSSR count). The number of rotatable bonds is 5. The summed E-state index contributed by atoms with van der Waals surface area (Å²) in [4.78, 5) is 26.9. The van der Waals surface area contributed by atoms with E-state index in [1.54, 1.807) is 24.5 Å². The van der Waals surface area contributed by atoms with Crippen LogP contribution in [0.1, 0.15) is 64.3 Å².